The third-order valence-corrected chi connectivity index (χ3v) is 5.80. The van der Waals surface area contributed by atoms with E-state index >= 15 is 0 Å². The molecule has 2 aromatic rings. The standard InChI is InChI=1S/C19H18FN3O2S/c1-22-15-11-23(9-8-12-5-4-10-26-12)18(24)16(15)17(21-19(22)25)13-6-2-3-7-14(13)20/h2-7,10,17H,8-9,11H2,1H3,(H,21,25). The zero-order valence-electron chi connectivity index (χ0n) is 14.2. The third-order valence-electron chi connectivity index (χ3n) is 4.86. The Kier molecular flexibility index (Phi) is 4.24. The molecule has 4 rings (SSSR count). The first-order chi connectivity index (χ1) is 12.6. The maximum atomic E-state index is 14.3. The van der Waals surface area contributed by atoms with Crippen LogP contribution in [0.2, 0.25) is 0 Å². The topological polar surface area (TPSA) is 52.7 Å². The van der Waals surface area contributed by atoms with E-state index in [0.29, 0.717) is 29.9 Å². The number of hydrogen-bond donors (Lipinski definition) is 1. The molecular weight excluding hydrogens is 353 g/mol. The fourth-order valence-corrected chi connectivity index (χ4v) is 4.14. The highest BCUT2D eigenvalue weighted by atomic mass is 32.1. The van der Waals surface area contributed by atoms with Gasteiger partial charge in [-0.2, -0.15) is 0 Å². The zero-order valence-corrected chi connectivity index (χ0v) is 15.1. The van der Waals surface area contributed by atoms with Gasteiger partial charge in [0.25, 0.3) is 5.91 Å². The molecule has 0 saturated heterocycles. The van der Waals surface area contributed by atoms with Crippen LogP contribution < -0.4 is 5.32 Å². The minimum Gasteiger partial charge on any atom is -0.333 e. The van der Waals surface area contributed by atoms with Gasteiger partial charge >= 0.3 is 6.03 Å². The van der Waals surface area contributed by atoms with Crippen LogP contribution in [0.15, 0.2) is 53.0 Å². The number of benzene rings is 1. The maximum Gasteiger partial charge on any atom is 0.322 e. The molecule has 0 saturated carbocycles. The Bertz CT molecular complexity index is 894. The predicted molar refractivity (Wildman–Crippen MR) is 97.1 cm³/mol. The van der Waals surface area contributed by atoms with E-state index in [-0.39, 0.29) is 11.9 Å². The lowest BCUT2D eigenvalue weighted by atomic mass is 9.95. The molecule has 0 spiro atoms. The van der Waals surface area contributed by atoms with Crippen LogP contribution in [0, 0.1) is 5.82 Å². The minimum atomic E-state index is -0.755. The van der Waals surface area contributed by atoms with E-state index in [1.807, 2.05) is 17.5 Å². The molecule has 7 heteroatoms. The molecule has 3 amide bonds. The summed E-state index contributed by atoms with van der Waals surface area (Å²) >= 11 is 1.66. The van der Waals surface area contributed by atoms with Crippen molar-refractivity contribution >= 4 is 23.3 Å². The molecule has 1 aromatic heterocycles. The van der Waals surface area contributed by atoms with E-state index in [0.717, 1.165) is 6.42 Å². The van der Waals surface area contributed by atoms with Crippen LogP contribution in [0.25, 0.3) is 0 Å². The maximum absolute atomic E-state index is 14.3. The first-order valence-electron chi connectivity index (χ1n) is 8.39. The average Bonchev–Trinajstić information content (AvgIpc) is 3.25. The Labute approximate surface area is 154 Å². The van der Waals surface area contributed by atoms with Crippen LogP contribution in [0.5, 0.6) is 0 Å². The third kappa shape index (κ3) is 2.78. The number of halogens is 1. The van der Waals surface area contributed by atoms with Crippen molar-refractivity contribution in [3.63, 3.8) is 0 Å². The van der Waals surface area contributed by atoms with Crippen LogP contribution in [0.3, 0.4) is 0 Å². The van der Waals surface area contributed by atoms with Crippen LogP contribution in [-0.4, -0.2) is 41.9 Å². The van der Waals surface area contributed by atoms with Gasteiger partial charge in [0.15, 0.2) is 0 Å². The Balaban J connectivity index is 1.63. The second-order valence-corrected chi connectivity index (χ2v) is 7.41. The summed E-state index contributed by atoms with van der Waals surface area (Å²) in [6.07, 6.45) is 0.763. The number of amides is 3. The molecule has 1 atom stereocenters. The van der Waals surface area contributed by atoms with E-state index in [9.17, 15) is 14.0 Å². The van der Waals surface area contributed by atoms with Gasteiger partial charge in [0.1, 0.15) is 5.82 Å². The quantitative estimate of drug-likeness (QED) is 0.899. The van der Waals surface area contributed by atoms with Crippen LogP contribution >= 0.6 is 11.3 Å². The van der Waals surface area contributed by atoms with E-state index in [2.05, 4.69) is 5.32 Å². The van der Waals surface area contributed by atoms with Crippen molar-refractivity contribution in [3.05, 3.63) is 69.3 Å². The molecular formula is C19H18FN3O2S. The lowest BCUT2D eigenvalue weighted by Crippen LogP contribution is -2.45. The molecule has 134 valence electrons. The van der Waals surface area contributed by atoms with Gasteiger partial charge in [0.2, 0.25) is 0 Å². The Hall–Kier alpha value is -2.67. The Morgan fingerprint density at radius 2 is 2.04 bits per heavy atom. The molecule has 0 radical (unpaired) electrons. The van der Waals surface area contributed by atoms with E-state index in [4.69, 9.17) is 0 Å². The number of rotatable bonds is 4. The van der Waals surface area contributed by atoms with Gasteiger partial charge in [-0.3, -0.25) is 9.69 Å². The summed E-state index contributed by atoms with van der Waals surface area (Å²) in [5.41, 5.74) is 1.43. The number of urea groups is 1. The number of nitrogens with zero attached hydrogens (tertiary/aromatic N) is 2. The van der Waals surface area contributed by atoms with Crippen LogP contribution in [0.1, 0.15) is 16.5 Å². The summed E-state index contributed by atoms with van der Waals surface area (Å²) in [6.45, 7) is 0.937. The van der Waals surface area contributed by atoms with Crippen molar-refractivity contribution < 1.29 is 14.0 Å². The summed E-state index contributed by atoms with van der Waals surface area (Å²) in [6, 6.07) is 9.19. The number of likely N-dealkylation sites (N-methyl/N-ethyl adjacent to an activating group) is 1. The van der Waals surface area contributed by atoms with Gasteiger partial charge in [-0.05, 0) is 23.9 Å². The predicted octanol–water partition coefficient (Wildman–Crippen LogP) is 2.92. The number of thiophene rings is 1. The van der Waals surface area contributed by atoms with Gasteiger partial charge < -0.3 is 10.2 Å². The molecule has 1 unspecified atom stereocenters. The highest BCUT2D eigenvalue weighted by Gasteiger charge is 2.43. The van der Waals surface area contributed by atoms with E-state index < -0.39 is 11.9 Å². The molecule has 0 bridgehead atoms. The molecule has 5 nitrogen and oxygen atoms in total. The van der Waals surface area contributed by atoms with Crippen molar-refractivity contribution in [1.82, 2.24) is 15.1 Å². The van der Waals surface area contributed by atoms with E-state index in [1.165, 1.54) is 15.8 Å². The van der Waals surface area contributed by atoms with Gasteiger partial charge in [-0.1, -0.05) is 24.3 Å². The molecule has 1 aromatic carbocycles. The zero-order chi connectivity index (χ0) is 18.3. The lowest BCUT2D eigenvalue weighted by Gasteiger charge is -2.31. The second-order valence-electron chi connectivity index (χ2n) is 6.38. The molecule has 2 aliphatic rings. The molecule has 1 N–H and O–H groups in total. The average molecular weight is 371 g/mol. The molecule has 0 fully saturated rings. The highest BCUT2D eigenvalue weighted by molar-refractivity contribution is 7.09. The molecule has 3 heterocycles. The second kappa shape index (κ2) is 6.57. The normalized spacial score (nSPS) is 19.8. The Morgan fingerprint density at radius 3 is 2.77 bits per heavy atom. The monoisotopic (exact) mass is 371 g/mol. The number of carbonyl (C=O) groups is 2. The number of hydrogen-bond acceptors (Lipinski definition) is 3. The summed E-state index contributed by atoms with van der Waals surface area (Å²) in [4.78, 5) is 29.7. The molecule has 2 aliphatic heterocycles. The van der Waals surface area contributed by atoms with Gasteiger partial charge in [-0.15, -0.1) is 11.3 Å². The van der Waals surface area contributed by atoms with Crippen molar-refractivity contribution in [3.8, 4) is 0 Å². The van der Waals surface area contributed by atoms with E-state index in [1.54, 1.807) is 41.5 Å². The SMILES string of the molecule is CN1C(=O)NC(c2ccccc2F)C2=C1CN(CCc1cccs1)C2=O. The molecule has 26 heavy (non-hydrogen) atoms. The van der Waals surface area contributed by atoms with Crippen molar-refractivity contribution in [2.24, 2.45) is 0 Å². The van der Waals surface area contributed by atoms with Gasteiger partial charge in [0.05, 0.1) is 23.9 Å². The minimum absolute atomic E-state index is 0.142. The first-order valence-corrected chi connectivity index (χ1v) is 9.27. The fourth-order valence-electron chi connectivity index (χ4n) is 3.45. The molecule has 0 aliphatic carbocycles. The number of nitrogens with one attached hydrogen (secondary N) is 1. The number of carbonyl (C=O) groups excluding carboxylic acids is 2. The van der Waals surface area contributed by atoms with Crippen molar-refractivity contribution in [2.45, 2.75) is 12.5 Å². The van der Waals surface area contributed by atoms with Gasteiger partial charge in [-0.25, -0.2) is 9.18 Å². The van der Waals surface area contributed by atoms with Gasteiger partial charge in [0, 0.05) is 24.0 Å². The van der Waals surface area contributed by atoms with Crippen molar-refractivity contribution in [1.29, 1.82) is 0 Å². The summed E-state index contributed by atoms with van der Waals surface area (Å²) in [5.74, 6) is -0.573. The summed E-state index contributed by atoms with van der Waals surface area (Å²) < 4.78 is 14.3. The lowest BCUT2D eigenvalue weighted by molar-refractivity contribution is -0.125. The highest BCUT2D eigenvalue weighted by Crippen LogP contribution is 2.36. The smallest absolute Gasteiger partial charge is 0.322 e. The van der Waals surface area contributed by atoms with Crippen LogP contribution in [-0.2, 0) is 11.2 Å². The Morgan fingerprint density at radius 1 is 1.23 bits per heavy atom. The van der Waals surface area contributed by atoms with Crippen LogP contribution in [0.4, 0.5) is 9.18 Å². The summed E-state index contributed by atoms with van der Waals surface area (Å²) in [7, 11) is 1.64. The summed E-state index contributed by atoms with van der Waals surface area (Å²) in [5, 5.41) is 4.77. The fraction of sp³-hybridized carbons (Fsp3) is 0.263. The first kappa shape index (κ1) is 16.8. The largest absolute Gasteiger partial charge is 0.333 e. The van der Waals surface area contributed by atoms with Crippen molar-refractivity contribution in [2.75, 3.05) is 20.1 Å².